The second kappa shape index (κ2) is 6.59. The third-order valence-corrected chi connectivity index (χ3v) is 6.33. The average molecular weight is 383 g/mol. The van der Waals surface area contributed by atoms with Crippen LogP contribution in [0.1, 0.15) is 12.5 Å². The van der Waals surface area contributed by atoms with Crippen LogP contribution in [-0.2, 0) is 16.4 Å². The predicted octanol–water partition coefficient (Wildman–Crippen LogP) is 4.43. The molecule has 2 heterocycles. The van der Waals surface area contributed by atoms with Crippen molar-refractivity contribution >= 4 is 32.0 Å². The summed E-state index contributed by atoms with van der Waals surface area (Å²) >= 11 is 1.54. The topological polar surface area (TPSA) is 63.5 Å². The highest BCUT2D eigenvalue weighted by Gasteiger charge is 2.17. The number of benzene rings is 2. The van der Waals surface area contributed by atoms with Gasteiger partial charge in [-0.3, -0.25) is 9.12 Å². The molecule has 0 amide bonds. The number of hydrogen-bond donors (Lipinski definition) is 1. The van der Waals surface area contributed by atoms with E-state index in [1.807, 2.05) is 53.4 Å². The molecule has 2 aromatic heterocycles. The molecule has 0 unspecified atom stereocenters. The Hall–Kier alpha value is -2.64. The predicted molar refractivity (Wildman–Crippen MR) is 105 cm³/mol. The number of fused-ring (bicyclic) bond motifs is 1. The second-order valence-electron chi connectivity index (χ2n) is 5.87. The van der Waals surface area contributed by atoms with Crippen molar-refractivity contribution in [3.63, 3.8) is 0 Å². The molecule has 0 spiro atoms. The van der Waals surface area contributed by atoms with Crippen molar-refractivity contribution in [2.45, 2.75) is 18.2 Å². The molecule has 1 N–H and O–H groups in total. The normalized spacial score (nSPS) is 11.7. The fourth-order valence-electron chi connectivity index (χ4n) is 2.76. The zero-order valence-corrected chi connectivity index (χ0v) is 15.7. The fraction of sp³-hybridized carbons (Fsp3) is 0.105. The van der Waals surface area contributed by atoms with E-state index < -0.39 is 10.0 Å². The Labute approximate surface area is 156 Å². The zero-order valence-electron chi connectivity index (χ0n) is 14.1. The lowest BCUT2D eigenvalue weighted by Crippen LogP contribution is -2.13. The maximum absolute atomic E-state index is 12.8. The van der Waals surface area contributed by atoms with Gasteiger partial charge in [-0.1, -0.05) is 37.3 Å². The van der Waals surface area contributed by atoms with E-state index >= 15 is 0 Å². The van der Waals surface area contributed by atoms with Gasteiger partial charge in [-0.05, 0) is 30.2 Å². The SMILES string of the molecule is CCc1ccc(S(=O)(=O)Nc2ccccc2-c2cn3ccsc3n2)cc1. The number of aryl methyl sites for hydroxylation is 1. The summed E-state index contributed by atoms with van der Waals surface area (Å²) in [7, 11) is -3.67. The van der Waals surface area contributed by atoms with E-state index in [4.69, 9.17) is 0 Å². The lowest BCUT2D eigenvalue weighted by Gasteiger charge is -2.12. The first-order chi connectivity index (χ1) is 12.6. The van der Waals surface area contributed by atoms with Crippen molar-refractivity contribution in [1.29, 1.82) is 0 Å². The quantitative estimate of drug-likeness (QED) is 0.555. The Balaban J connectivity index is 1.70. The molecule has 132 valence electrons. The highest BCUT2D eigenvalue weighted by atomic mass is 32.2. The van der Waals surface area contributed by atoms with Gasteiger partial charge in [-0.25, -0.2) is 13.4 Å². The summed E-state index contributed by atoms with van der Waals surface area (Å²) < 4.78 is 30.2. The summed E-state index contributed by atoms with van der Waals surface area (Å²) in [6, 6.07) is 14.2. The van der Waals surface area contributed by atoms with Crippen LogP contribution in [0.15, 0.2) is 71.2 Å². The summed E-state index contributed by atoms with van der Waals surface area (Å²) in [4.78, 5) is 5.69. The van der Waals surface area contributed by atoms with Gasteiger partial charge in [-0.2, -0.15) is 0 Å². The minimum Gasteiger partial charge on any atom is -0.297 e. The highest BCUT2D eigenvalue weighted by molar-refractivity contribution is 7.92. The first-order valence-corrected chi connectivity index (χ1v) is 10.6. The molecule has 0 radical (unpaired) electrons. The van der Waals surface area contributed by atoms with Gasteiger partial charge in [0.1, 0.15) is 0 Å². The van der Waals surface area contributed by atoms with Crippen LogP contribution in [0.25, 0.3) is 16.2 Å². The van der Waals surface area contributed by atoms with Crippen molar-refractivity contribution in [2.24, 2.45) is 0 Å². The van der Waals surface area contributed by atoms with Crippen LogP contribution < -0.4 is 4.72 Å². The van der Waals surface area contributed by atoms with Crippen LogP contribution in [0.2, 0.25) is 0 Å². The number of thiazole rings is 1. The lowest BCUT2D eigenvalue weighted by atomic mass is 10.1. The minimum atomic E-state index is -3.67. The number of nitrogens with one attached hydrogen (secondary N) is 1. The van der Waals surface area contributed by atoms with Crippen molar-refractivity contribution < 1.29 is 8.42 Å². The number of rotatable bonds is 5. The Kier molecular flexibility index (Phi) is 4.26. The fourth-order valence-corrected chi connectivity index (χ4v) is 4.54. The molecular formula is C19H17N3O2S2. The number of anilines is 1. The Bertz CT molecular complexity index is 1130. The standard InChI is InChI=1S/C19H17N3O2S2/c1-2-14-7-9-15(10-8-14)26(23,24)21-17-6-4-3-5-16(17)18-13-22-11-12-25-19(22)20-18/h3-13,21H,2H2,1H3. The van der Waals surface area contributed by atoms with Crippen LogP contribution in [0, 0.1) is 0 Å². The van der Waals surface area contributed by atoms with Crippen LogP contribution in [0.5, 0.6) is 0 Å². The van der Waals surface area contributed by atoms with E-state index in [1.165, 1.54) is 11.3 Å². The number of imidazole rings is 1. The first kappa shape index (κ1) is 16.8. The largest absolute Gasteiger partial charge is 0.297 e. The number of aromatic nitrogens is 2. The molecule has 0 aliphatic carbocycles. The van der Waals surface area contributed by atoms with Gasteiger partial charge in [0.25, 0.3) is 10.0 Å². The second-order valence-corrected chi connectivity index (χ2v) is 8.42. The molecule has 26 heavy (non-hydrogen) atoms. The van der Waals surface area contributed by atoms with Gasteiger partial charge < -0.3 is 0 Å². The van der Waals surface area contributed by atoms with Gasteiger partial charge in [0.05, 0.1) is 16.3 Å². The van der Waals surface area contributed by atoms with Crippen LogP contribution in [0.4, 0.5) is 5.69 Å². The zero-order chi connectivity index (χ0) is 18.1. The van der Waals surface area contributed by atoms with E-state index in [0.29, 0.717) is 5.69 Å². The van der Waals surface area contributed by atoms with Crippen molar-refractivity contribution in [1.82, 2.24) is 9.38 Å². The number of para-hydroxylation sites is 1. The molecule has 0 bridgehead atoms. The molecule has 7 heteroatoms. The van der Waals surface area contributed by atoms with Crippen molar-refractivity contribution in [2.75, 3.05) is 4.72 Å². The molecule has 0 saturated carbocycles. The average Bonchev–Trinajstić information content (AvgIpc) is 3.24. The number of sulfonamides is 1. The molecule has 2 aromatic carbocycles. The molecule has 5 nitrogen and oxygen atoms in total. The van der Waals surface area contributed by atoms with Crippen molar-refractivity contribution in [3.05, 3.63) is 71.9 Å². The summed E-state index contributed by atoms with van der Waals surface area (Å²) in [5.41, 5.74) is 3.09. The van der Waals surface area contributed by atoms with Crippen LogP contribution in [0.3, 0.4) is 0 Å². The summed E-state index contributed by atoms with van der Waals surface area (Å²) in [5.74, 6) is 0. The van der Waals surface area contributed by atoms with Gasteiger partial charge in [0.2, 0.25) is 0 Å². The molecule has 0 aliphatic rings. The van der Waals surface area contributed by atoms with Gasteiger partial charge in [0.15, 0.2) is 4.96 Å². The Morgan fingerprint density at radius 2 is 1.88 bits per heavy atom. The number of nitrogens with zero attached hydrogens (tertiary/aromatic N) is 2. The Morgan fingerprint density at radius 3 is 2.62 bits per heavy atom. The Morgan fingerprint density at radius 1 is 1.12 bits per heavy atom. The lowest BCUT2D eigenvalue weighted by molar-refractivity contribution is 0.601. The maximum Gasteiger partial charge on any atom is 0.261 e. The summed E-state index contributed by atoms with van der Waals surface area (Å²) in [6.07, 6.45) is 4.70. The maximum atomic E-state index is 12.8. The number of hydrogen-bond acceptors (Lipinski definition) is 4. The monoisotopic (exact) mass is 383 g/mol. The molecular weight excluding hydrogens is 366 g/mol. The molecule has 4 rings (SSSR count). The molecule has 0 aliphatic heterocycles. The third-order valence-electron chi connectivity index (χ3n) is 4.18. The van der Waals surface area contributed by atoms with Gasteiger partial charge in [-0.15, -0.1) is 11.3 Å². The van der Waals surface area contributed by atoms with Crippen LogP contribution in [-0.4, -0.2) is 17.8 Å². The van der Waals surface area contributed by atoms with Gasteiger partial charge >= 0.3 is 0 Å². The smallest absolute Gasteiger partial charge is 0.261 e. The first-order valence-electron chi connectivity index (χ1n) is 8.20. The van der Waals surface area contributed by atoms with Gasteiger partial charge in [0, 0.05) is 23.3 Å². The minimum absolute atomic E-state index is 0.246. The summed E-state index contributed by atoms with van der Waals surface area (Å²) in [5, 5.41) is 1.96. The summed E-state index contributed by atoms with van der Waals surface area (Å²) in [6.45, 7) is 2.04. The molecule has 4 aromatic rings. The van der Waals surface area contributed by atoms with E-state index in [9.17, 15) is 8.42 Å². The van der Waals surface area contributed by atoms with Crippen molar-refractivity contribution in [3.8, 4) is 11.3 Å². The highest BCUT2D eigenvalue weighted by Crippen LogP contribution is 2.30. The van der Waals surface area contributed by atoms with E-state index in [0.717, 1.165) is 28.2 Å². The third kappa shape index (κ3) is 3.11. The molecule has 0 atom stereocenters. The molecule has 0 saturated heterocycles. The molecule has 0 fully saturated rings. The van der Waals surface area contributed by atoms with E-state index in [-0.39, 0.29) is 4.90 Å². The van der Waals surface area contributed by atoms with Crippen LogP contribution >= 0.6 is 11.3 Å². The van der Waals surface area contributed by atoms with E-state index in [2.05, 4.69) is 9.71 Å². The van der Waals surface area contributed by atoms with E-state index in [1.54, 1.807) is 24.3 Å².